The summed E-state index contributed by atoms with van der Waals surface area (Å²) in [4.78, 5) is 0. The highest BCUT2D eigenvalue weighted by atomic mass is 28.3. The third kappa shape index (κ3) is 8.38. The lowest BCUT2D eigenvalue weighted by Crippen LogP contribution is -2.31. The van der Waals surface area contributed by atoms with Gasteiger partial charge in [0.2, 0.25) is 0 Å². The molecule has 0 aliphatic carbocycles. The highest BCUT2D eigenvalue weighted by Gasteiger charge is 2.16. The van der Waals surface area contributed by atoms with Gasteiger partial charge in [0.1, 0.15) is 8.07 Å². The van der Waals surface area contributed by atoms with Gasteiger partial charge in [-0.15, -0.1) is 5.54 Å². The molecule has 0 spiro atoms. The fourth-order valence-corrected chi connectivity index (χ4v) is 2.84. The number of hydrogen-bond donors (Lipinski definition) is 1. The van der Waals surface area contributed by atoms with Crippen molar-refractivity contribution in [3.05, 3.63) is 35.9 Å². The summed E-state index contributed by atoms with van der Waals surface area (Å²) in [6.07, 6.45) is 5.79. The highest BCUT2D eigenvalue weighted by Crippen LogP contribution is 2.13. The number of rotatable bonds is 8. The molecule has 0 aliphatic rings. The van der Waals surface area contributed by atoms with E-state index >= 15 is 0 Å². The van der Waals surface area contributed by atoms with Crippen LogP contribution in [-0.4, -0.2) is 24.4 Å². The van der Waals surface area contributed by atoms with Crippen molar-refractivity contribution >= 4 is 8.07 Å². The van der Waals surface area contributed by atoms with Crippen molar-refractivity contribution in [2.24, 2.45) is 0 Å². The molecule has 0 saturated heterocycles. The van der Waals surface area contributed by atoms with Crippen LogP contribution in [0.5, 0.6) is 0 Å². The maximum atomic E-state index is 10.5. The van der Waals surface area contributed by atoms with E-state index in [9.17, 15) is 5.21 Å². The predicted octanol–water partition coefficient (Wildman–Crippen LogP) is 5.10. The van der Waals surface area contributed by atoms with Gasteiger partial charge in [-0.2, -0.15) is 5.06 Å². The van der Waals surface area contributed by atoms with Crippen LogP contribution in [-0.2, 0) is 6.54 Å². The largest absolute Gasteiger partial charge is 0.312 e. The van der Waals surface area contributed by atoms with Gasteiger partial charge in [0.25, 0.3) is 0 Å². The molecule has 1 rings (SSSR count). The Hall–Kier alpha value is -1.08. The molecule has 0 aliphatic heterocycles. The molecule has 0 heterocycles. The summed E-state index contributed by atoms with van der Waals surface area (Å²) < 4.78 is 0. The van der Waals surface area contributed by atoms with Gasteiger partial charge >= 0.3 is 0 Å². The van der Waals surface area contributed by atoms with Crippen molar-refractivity contribution in [2.75, 3.05) is 0 Å². The van der Waals surface area contributed by atoms with Gasteiger partial charge in [-0.1, -0.05) is 88.5 Å². The second-order valence-corrected chi connectivity index (χ2v) is 11.7. The summed E-state index contributed by atoms with van der Waals surface area (Å²) in [5, 5.41) is 11.9. The second-order valence-electron chi connectivity index (χ2n) is 6.97. The molecule has 122 valence electrons. The normalized spacial score (nSPS) is 12.8. The van der Waals surface area contributed by atoms with Crippen LogP contribution in [0.15, 0.2) is 30.3 Å². The third-order valence-corrected chi connectivity index (χ3v) is 4.39. The van der Waals surface area contributed by atoms with Crippen LogP contribution in [0.1, 0.15) is 44.6 Å². The molecule has 0 radical (unpaired) electrons. The SMILES string of the molecule is CCCCCCC(C#C[Si](C)(C)C)N(O)Cc1ccccc1. The zero-order valence-electron chi connectivity index (χ0n) is 14.6. The first-order valence-corrected chi connectivity index (χ1v) is 11.9. The predicted molar refractivity (Wildman–Crippen MR) is 97.4 cm³/mol. The molecule has 2 nitrogen and oxygen atoms in total. The van der Waals surface area contributed by atoms with Gasteiger partial charge in [0.15, 0.2) is 0 Å². The van der Waals surface area contributed by atoms with Crippen LogP contribution in [0.25, 0.3) is 0 Å². The van der Waals surface area contributed by atoms with E-state index in [0.717, 1.165) is 18.4 Å². The Kier molecular flexibility index (Phi) is 8.48. The molecule has 1 atom stereocenters. The van der Waals surface area contributed by atoms with Crippen molar-refractivity contribution in [3.63, 3.8) is 0 Å². The molecule has 1 unspecified atom stereocenters. The Morgan fingerprint density at radius 1 is 1.09 bits per heavy atom. The first kappa shape index (κ1) is 19.0. The van der Waals surface area contributed by atoms with Crippen LogP contribution in [0, 0.1) is 11.5 Å². The molecule has 1 aromatic carbocycles. The molecule has 1 aromatic rings. The van der Waals surface area contributed by atoms with Crippen LogP contribution in [0.3, 0.4) is 0 Å². The summed E-state index contributed by atoms with van der Waals surface area (Å²) >= 11 is 0. The van der Waals surface area contributed by atoms with Crippen LogP contribution in [0.2, 0.25) is 19.6 Å². The third-order valence-electron chi connectivity index (χ3n) is 3.49. The first-order valence-electron chi connectivity index (χ1n) is 8.44. The number of benzene rings is 1. The molecule has 0 fully saturated rings. The average Bonchev–Trinajstić information content (AvgIpc) is 2.46. The van der Waals surface area contributed by atoms with Gasteiger partial charge in [-0.05, 0) is 12.0 Å². The Morgan fingerprint density at radius 2 is 1.77 bits per heavy atom. The van der Waals surface area contributed by atoms with E-state index in [1.165, 1.54) is 24.3 Å². The van der Waals surface area contributed by atoms with Gasteiger partial charge in [-0.25, -0.2) is 0 Å². The molecule has 0 saturated carbocycles. The lowest BCUT2D eigenvalue weighted by atomic mass is 10.1. The first-order chi connectivity index (χ1) is 10.4. The quantitative estimate of drug-likeness (QED) is 0.312. The highest BCUT2D eigenvalue weighted by molar-refractivity contribution is 6.83. The summed E-state index contributed by atoms with van der Waals surface area (Å²) in [5.74, 6) is 3.34. The Bertz CT molecular complexity index is 470. The molecular formula is C19H31NOSi. The van der Waals surface area contributed by atoms with Gasteiger partial charge in [0, 0.05) is 0 Å². The van der Waals surface area contributed by atoms with Crippen LogP contribution in [0.4, 0.5) is 0 Å². The topological polar surface area (TPSA) is 23.5 Å². The van der Waals surface area contributed by atoms with E-state index < -0.39 is 8.07 Å². The van der Waals surface area contributed by atoms with E-state index in [2.05, 4.69) is 38.0 Å². The smallest absolute Gasteiger partial charge is 0.129 e. The summed E-state index contributed by atoms with van der Waals surface area (Å²) in [5.41, 5.74) is 4.54. The van der Waals surface area contributed by atoms with Gasteiger partial charge < -0.3 is 5.21 Å². The zero-order valence-corrected chi connectivity index (χ0v) is 15.6. The van der Waals surface area contributed by atoms with Crippen molar-refractivity contribution in [1.82, 2.24) is 5.06 Å². The lowest BCUT2D eigenvalue weighted by molar-refractivity contribution is -0.121. The maximum Gasteiger partial charge on any atom is 0.129 e. The van der Waals surface area contributed by atoms with E-state index in [-0.39, 0.29) is 6.04 Å². The van der Waals surface area contributed by atoms with Crippen molar-refractivity contribution in [2.45, 2.75) is 71.3 Å². The summed E-state index contributed by atoms with van der Waals surface area (Å²) in [6.45, 7) is 9.49. The number of nitrogens with zero attached hydrogens (tertiary/aromatic N) is 1. The minimum Gasteiger partial charge on any atom is -0.312 e. The van der Waals surface area contributed by atoms with E-state index in [1.807, 2.05) is 30.3 Å². The Balaban J connectivity index is 2.67. The molecule has 22 heavy (non-hydrogen) atoms. The fraction of sp³-hybridized carbons (Fsp3) is 0.579. The minimum absolute atomic E-state index is 0.0520. The molecular weight excluding hydrogens is 286 g/mol. The Morgan fingerprint density at radius 3 is 2.36 bits per heavy atom. The standard InChI is InChI=1S/C19H31NOSi/c1-5-6-7-11-14-19(15-16-22(2,3)4)20(21)17-18-12-9-8-10-13-18/h8-10,12-13,19,21H,5-7,11,14,17H2,1-4H3. The number of unbranched alkanes of at least 4 members (excludes halogenated alkanes) is 3. The molecule has 0 amide bonds. The maximum absolute atomic E-state index is 10.5. The van der Waals surface area contributed by atoms with Gasteiger partial charge in [-0.3, -0.25) is 0 Å². The Labute approximate surface area is 137 Å². The lowest BCUT2D eigenvalue weighted by Gasteiger charge is -2.22. The molecule has 3 heteroatoms. The fourth-order valence-electron chi connectivity index (χ4n) is 2.24. The van der Waals surface area contributed by atoms with Crippen molar-refractivity contribution in [3.8, 4) is 11.5 Å². The molecule has 1 N–H and O–H groups in total. The van der Waals surface area contributed by atoms with Gasteiger partial charge in [0.05, 0.1) is 12.6 Å². The molecule has 0 bridgehead atoms. The van der Waals surface area contributed by atoms with E-state index in [1.54, 1.807) is 0 Å². The monoisotopic (exact) mass is 317 g/mol. The summed E-state index contributed by atoms with van der Waals surface area (Å²) in [7, 11) is -1.41. The van der Waals surface area contributed by atoms with Crippen LogP contribution >= 0.6 is 0 Å². The average molecular weight is 318 g/mol. The second kappa shape index (κ2) is 9.84. The van der Waals surface area contributed by atoms with E-state index in [0.29, 0.717) is 6.54 Å². The van der Waals surface area contributed by atoms with Crippen LogP contribution < -0.4 is 0 Å². The number of hydroxylamine groups is 2. The number of hydrogen-bond acceptors (Lipinski definition) is 2. The van der Waals surface area contributed by atoms with Crippen molar-refractivity contribution < 1.29 is 5.21 Å². The van der Waals surface area contributed by atoms with E-state index in [4.69, 9.17) is 0 Å². The zero-order chi connectivity index (χ0) is 16.4. The molecule has 0 aromatic heterocycles. The minimum atomic E-state index is -1.41. The van der Waals surface area contributed by atoms with Crippen molar-refractivity contribution in [1.29, 1.82) is 0 Å². The summed E-state index contributed by atoms with van der Waals surface area (Å²) in [6, 6.07) is 10.1.